The Labute approximate surface area is 164 Å². The number of benzene rings is 2. The van der Waals surface area contributed by atoms with Crippen molar-refractivity contribution >= 4 is 23.3 Å². The van der Waals surface area contributed by atoms with Crippen LogP contribution in [0.5, 0.6) is 0 Å². The second-order valence-electron chi connectivity index (χ2n) is 6.36. The van der Waals surface area contributed by atoms with E-state index in [1.165, 1.54) is 19.2 Å². The summed E-state index contributed by atoms with van der Waals surface area (Å²) < 4.78 is 39.3. The predicted octanol–water partition coefficient (Wildman–Crippen LogP) is 4.25. The minimum absolute atomic E-state index is 0.100. The largest absolute Gasteiger partial charge is 0.435 e. The molecular weight excluding hydrogens is 385 g/mol. The van der Waals surface area contributed by atoms with Gasteiger partial charge in [0.25, 0.3) is 11.8 Å². The molecule has 0 saturated heterocycles. The lowest BCUT2D eigenvalue weighted by Gasteiger charge is -2.12. The van der Waals surface area contributed by atoms with Crippen molar-refractivity contribution in [1.82, 2.24) is 9.78 Å². The van der Waals surface area contributed by atoms with E-state index in [2.05, 4.69) is 15.7 Å². The quantitative estimate of drug-likeness (QED) is 0.685. The molecule has 2 amide bonds. The fraction of sp³-hybridized carbons (Fsp3) is 0.150. The van der Waals surface area contributed by atoms with Gasteiger partial charge in [0.2, 0.25) is 0 Å². The third kappa shape index (κ3) is 4.63. The molecule has 0 bridgehead atoms. The standard InChI is InChI=1S/C20H17F3N4O2/c1-12-6-5-7-13(10-12)18(28)24-15-9-4-3-8-14(15)19(29)25-17-11-16(20(21,22)23)26-27(17)2/h3-11H,1-2H3,(H,24,28)(H,25,29). The lowest BCUT2D eigenvalue weighted by atomic mass is 10.1. The summed E-state index contributed by atoms with van der Waals surface area (Å²) in [5.74, 6) is -1.21. The van der Waals surface area contributed by atoms with Crippen molar-refractivity contribution < 1.29 is 22.8 Å². The van der Waals surface area contributed by atoms with Gasteiger partial charge in [-0.25, -0.2) is 0 Å². The van der Waals surface area contributed by atoms with Crippen LogP contribution in [0.1, 0.15) is 32.0 Å². The lowest BCUT2D eigenvalue weighted by Crippen LogP contribution is -2.19. The van der Waals surface area contributed by atoms with Crippen LogP contribution in [0.2, 0.25) is 0 Å². The molecule has 9 heteroatoms. The van der Waals surface area contributed by atoms with Crippen LogP contribution in [0.3, 0.4) is 0 Å². The number of amides is 2. The molecule has 2 N–H and O–H groups in total. The maximum Gasteiger partial charge on any atom is 0.435 e. The minimum Gasteiger partial charge on any atom is -0.321 e. The molecule has 0 fully saturated rings. The summed E-state index contributed by atoms with van der Waals surface area (Å²) in [5.41, 5.74) is 0.538. The highest BCUT2D eigenvalue weighted by Gasteiger charge is 2.34. The Morgan fingerprint density at radius 3 is 2.34 bits per heavy atom. The molecule has 0 saturated carbocycles. The first-order valence-electron chi connectivity index (χ1n) is 8.55. The number of nitrogens with zero attached hydrogens (tertiary/aromatic N) is 2. The van der Waals surface area contributed by atoms with E-state index in [4.69, 9.17) is 0 Å². The summed E-state index contributed by atoms with van der Waals surface area (Å²) in [5, 5.41) is 8.41. The number of para-hydroxylation sites is 1. The number of anilines is 2. The van der Waals surface area contributed by atoms with Gasteiger partial charge in [0.05, 0.1) is 11.3 Å². The Kier molecular flexibility index (Phi) is 5.40. The molecular formula is C20H17F3N4O2. The average Bonchev–Trinajstić information content (AvgIpc) is 3.03. The fourth-order valence-corrected chi connectivity index (χ4v) is 2.68. The van der Waals surface area contributed by atoms with Crippen LogP contribution in [0.25, 0.3) is 0 Å². The molecule has 6 nitrogen and oxygen atoms in total. The van der Waals surface area contributed by atoms with Crippen LogP contribution in [0, 0.1) is 6.92 Å². The number of alkyl halides is 3. The maximum atomic E-state index is 12.8. The second-order valence-corrected chi connectivity index (χ2v) is 6.36. The SMILES string of the molecule is Cc1cccc(C(=O)Nc2ccccc2C(=O)Nc2cc(C(F)(F)F)nn2C)c1. The first-order chi connectivity index (χ1) is 13.6. The van der Waals surface area contributed by atoms with Gasteiger partial charge in [-0.1, -0.05) is 29.8 Å². The van der Waals surface area contributed by atoms with Crippen LogP contribution >= 0.6 is 0 Å². The van der Waals surface area contributed by atoms with Crippen LogP contribution in [-0.2, 0) is 13.2 Å². The first kappa shape index (κ1) is 20.1. The molecule has 29 heavy (non-hydrogen) atoms. The zero-order valence-electron chi connectivity index (χ0n) is 15.5. The normalized spacial score (nSPS) is 11.2. The monoisotopic (exact) mass is 402 g/mol. The zero-order valence-corrected chi connectivity index (χ0v) is 15.5. The molecule has 0 aliphatic heterocycles. The maximum absolute atomic E-state index is 12.8. The van der Waals surface area contributed by atoms with E-state index < -0.39 is 23.7 Å². The van der Waals surface area contributed by atoms with Crippen LogP contribution in [0.15, 0.2) is 54.6 Å². The molecule has 0 atom stereocenters. The molecule has 0 spiro atoms. The highest BCUT2D eigenvalue weighted by atomic mass is 19.4. The van der Waals surface area contributed by atoms with Gasteiger partial charge in [0, 0.05) is 18.7 Å². The number of carbonyl (C=O) groups is 2. The second kappa shape index (κ2) is 7.78. The summed E-state index contributed by atoms with van der Waals surface area (Å²) in [6, 6.07) is 13.9. The molecule has 0 aliphatic carbocycles. The number of rotatable bonds is 4. The highest BCUT2D eigenvalue weighted by molar-refractivity contribution is 6.12. The summed E-state index contributed by atoms with van der Waals surface area (Å²) >= 11 is 0. The van der Waals surface area contributed by atoms with Crippen molar-refractivity contribution in [2.75, 3.05) is 10.6 Å². The van der Waals surface area contributed by atoms with E-state index in [-0.39, 0.29) is 17.1 Å². The highest BCUT2D eigenvalue weighted by Crippen LogP contribution is 2.30. The summed E-state index contributed by atoms with van der Waals surface area (Å²) in [6.07, 6.45) is -4.62. The van der Waals surface area contributed by atoms with Crippen molar-refractivity contribution in [3.8, 4) is 0 Å². The number of hydrogen-bond acceptors (Lipinski definition) is 3. The molecule has 1 aromatic heterocycles. The van der Waals surface area contributed by atoms with Gasteiger partial charge < -0.3 is 10.6 Å². The van der Waals surface area contributed by atoms with Gasteiger partial charge in [-0.3, -0.25) is 14.3 Å². The molecule has 2 aromatic carbocycles. The number of aromatic nitrogens is 2. The van der Waals surface area contributed by atoms with Crippen LogP contribution < -0.4 is 10.6 Å². The summed E-state index contributed by atoms with van der Waals surface area (Å²) in [4.78, 5) is 25.1. The van der Waals surface area contributed by atoms with Crippen molar-refractivity contribution in [3.63, 3.8) is 0 Å². The Balaban J connectivity index is 1.82. The first-order valence-corrected chi connectivity index (χ1v) is 8.55. The molecule has 0 unspecified atom stereocenters. The third-order valence-electron chi connectivity index (χ3n) is 4.11. The Bertz CT molecular complexity index is 1070. The smallest absolute Gasteiger partial charge is 0.321 e. The number of nitrogens with one attached hydrogen (secondary N) is 2. The number of aryl methyl sites for hydroxylation is 2. The number of carbonyl (C=O) groups excluding carboxylic acids is 2. The fourth-order valence-electron chi connectivity index (χ4n) is 2.68. The van der Waals surface area contributed by atoms with E-state index in [0.29, 0.717) is 5.56 Å². The molecule has 3 aromatic rings. The van der Waals surface area contributed by atoms with E-state index in [1.54, 1.807) is 30.3 Å². The van der Waals surface area contributed by atoms with Crippen molar-refractivity contribution in [2.45, 2.75) is 13.1 Å². The van der Waals surface area contributed by atoms with Gasteiger partial charge in [-0.15, -0.1) is 0 Å². The van der Waals surface area contributed by atoms with Gasteiger partial charge in [-0.2, -0.15) is 18.3 Å². The van der Waals surface area contributed by atoms with Crippen molar-refractivity contribution in [3.05, 3.63) is 77.0 Å². The van der Waals surface area contributed by atoms with Gasteiger partial charge in [0.15, 0.2) is 5.69 Å². The summed E-state index contributed by atoms with van der Waals surface area (Å²) in [6.45, 7) is 1.85. The topological polar surface area (TPSA) is 76.0 Å². The molecule has 0 radical (unpaired) electrons. The number of hydrogen-bond donors (Lipinski definition) is 2. The molecule has 150 valence electrons. The van der Waals surface area contributed by atoms with E-state index in [9.17, 15) is 22.8 Å². The zero-order chi connectivity index (χ0) is 21.2. The van der Waals surface area contributed by atoms with E-state index in [1.807, 2.05) is 13.0 Å². The van der Waals surface area contributed by atoms with E-state index >= 15 is 0 Å². The molecule has 3 rings (SSSR count). The van der Waals surface area contributed by atoms with Gasteiger partial charge in [-0.05, 0) is 31.2 Å². The average molecular weight is 402 g/mol. The third-order valence-corrected chi connectivity index (χ3v) is 4.11. The Morgan fingerprint density at radius 1 is 0.966 bits per heavy atom. The molecule has 0 aliphatic rings. The van der Waals surface area contributed by atoms with Crippen molar-refractivity contribution in [2.24, 2.45) is 7.05 Å². The number of halogens is 3. The Hall–Kier alpha value is -3.62. The van der Waals surface area contributed by atoms with E-state index in [0.717, 1.165) is 16.3 Å². The summed E-state index contributed by atoms with van der Waals surface area (Å²) in [7, 11) is 1.29. The Morgan fingerprint density at radius 2 is 1.69 bits per heavy atom. The van der Waals surface area contributed by atoms with Gasteiger partial charge >= 0.3 is 6.18 Å². The van der Waals surface area contributed by atoms with Crippen LogP contribution in [-0.4, -0.2) is 21.6 Å². The van der Waals surface area contributed by atoms with Gasteiger partial charge in [0.1, 0.15) is 5.82 Å². The predicted molar refractivity (Wildman–Crippen MR) is 102 cm³/mol. The van der Waals surface area contributed by atoms with Crippen LogP contribution in [0.4, 0.5) is 24.7 Å². The molecule has 1 heterocycles. The minimum atomic E-state index is -4.62. The lowest BCUT2D eigenvalue weighted by molar-refractivity contribution is -0.141. The van der Waals surface area contributed by atoms with Crippen molar-refractivity contribution in [1.29, 1.82) is 0 Å².